The number of rotatable bonds is 7. The lowest BCUT2D eigenvalue weighted by atomic mass is 9.89. The lowest BCUT2D eigenvalue weighted by Crippen LogP contribution is -2.37. The molecular weight excluding hydrogens is 436 g/mol. The van der Waals surface area contributed by atoms with E-state index in [1.807, 2.05) is 0 Å². The standard InChI is InChI=1S/C26H35BrN2O/c1-19(2)30-24-9-10-25(27)22(18-24)17-20-11-14-29(15-12-20)16-13-23-8-7-21-5-3-4-6-26(21)28-23/h3-6,9-10,18-20,23,28H,7-8,11-17H2,1-2H3. The van der Waals surface area contributed by atoms with Crippen LogP contribution < -0.4 is 10.1 Å². The van der Waals surface area contributed by atoms with E-state index >= 15 is 0 Å². The molecule has 0 saturated carbocycles. The van der Waals surface area contributed by atoms with E-state index in [0.29, 0.717) is 6.04 Å². The van der Waals surface area contributed by atoms with Crippen molar-refractivity contribution in [3.8, 4) is 5.75 Å². The Morgan fingerprint density at radius 3 is 2.70 bits per heavy atom. The SMILES string of the molecule is CC(C)Oc1ccc(Br)c(CC2CCN(CCC3CCc4ccccc4N3)CC2)c1. The number of likely N-dealkylation sites (tertiary alicyclic amines) is 1. The molecule has 2 aliphatic rings. The van der Waals surface area contributed by atoms with Crippen LogP contribution in [0.15, 0.2) is 46.9 Å². The van der Waals surface area contributed by atoms with Crippen molar-refractivity contribution in [1.82, 2.24) is 4.90 Å². The molecule has 1 fully saturated rings. The van der Waals surface area contributed by atoms with Crippen LogP contribution in [0, 0.1) is 5.92 Å². The van der Waals surface area contributed by atoms with Gasteiger partial charge in [-0.2, -0.15) is 0 Å². The number of piperidine rings is 1. The number of nitrogens with one attached hydrogen (secondary N) is 1. The van der Waals surface area contributed by atoms with Crippen molar-refractivity contribution in [2.45, 2.75) is 64.5 Å². The largest absolute Gasteiger partial charge is 0.491 e. The van der Waals surface area contributed by atoms with E-state index < -0.39 is 0 Å². The monoisotopic (exact) mass is 470 g/mol. The predicted molar refractivity (Wildman–Crippen MR) is 130 cm³/mol. The van der Waals surface area contributed by atoms with Crippen molar-refractivity contribution in [3.05, 3.63) is 58.1 Å². The molecule has 2 aromatic carbocycles. The highest BCUT2D eigenvalue weighted by atomic mass is 79.9. The maximum Gasteiger partial charge on any atom is 0.120 e. The molecule has 0 spiro atoms. The van der Waals surface area contributed by atoms with Crippen LogP contribution in [0.1, 0.15) is 50.7 Å². The van der Waals surface area contributed by atoms with Crippen molar-refractivity contribution in [2.24, 2.45) is 5.92 Å². The van der Waals surface area contributed by atoms with Gasteiger partial charge in [-0.3, -0.25) is 0 Å². The fraction of sp³-hybridized carbons (Fsp3) is 0.538. The van der Waals surface area contributed by atoms with E-state index in [9.17, 15) is 0 Å². The minimum Gasteiger partial charge on any atom is -0.491 e. The molecule has 2 aliphatic heterocycles. The lowest BCUT2D eigenvalue weighted by molar-refractivity contribution is 0.179. The summed E-state index contributed by atoms with van der Waals surface area (Å²) in [4.78, 5) is 2.67. The van der Waals surface area contributed by atoms with Crippen LogP contribution in [-0.2, 0) is 12.8 Å². The van der Waals surface area contributed by atoms with E-state index in [2.05, 4.69) is 82.5 Å². The van der Waals surface area contributed by atoms with E-state index in [-0.39, 0.29) is 6.10 Å². The number of halogens is 1. The molecule has 2 heterocycles. The van der Waals surface area contributed by atoms with Crippen molar-refractivity contribution in [2.75, 3.05) is 25.0 Å². The van der Waals surface area contributed by atoms with Gasteiger partial charge in [0.1, 0.15) is 5.75 Å². The molecule has 1 saturated heterocycles. The summed E-state index contributed by atoms with van der Waals surface area (Å²) in [5.74, 6) is 1.76. The molecule has 0 aromatic heterocycles. The molecule has 0 bridgehead atoms. The third-order valence-corrected chi connectivity index (χ3v) is 7.31. The number of para-hydroxylation sites is 1. The number of ether oxygens (including phenoxy) is 1. The van der Waals surface area contributed by atoms with Gasteiger partial charge >= 0.3 is 0 Å². The van der Waals surface area contributed by atoms with Crippen molar-refractivity contribution < 1.29 is 4.74 Å². The molecule has 1 unspecified atom stereocenters. The zero-order valence-corrected chi connectivity index (χ0v) is 20.0. The number of aryl methyl sites for hydroxylation is 1. The summed E-state index contributed by atoms with van der Waals surface area (Å²) in [5, 5.41) is 3.76. The number of anilines is 1. The molecule has 4 rings (SSSR count). The maximum absolute atomic E-state index is 5.89. The van der Waals surface area contributed by atoms with Crippen molar-refractivity contribution in [1.29, 1.82) is 0 Å². The van der Waals surface area contributed by atoms with Crippen LogP contribution in [0.5, 0.6) is 5.75 Å². The average Bonchev–Trinajstić information content (AvgIpc) is 2.75. The van der Waals surface area contributed by atoms with E-state index in [0.717, 1.165) is 18.1 Å². The number of benzene rings is 2. The van der Waals surface area contributed by atoms with Gasteiger partial charge in [-0.05, 0) is 107 Å². The average molecular weight is 471 g/mol. The van der Waals surface area contributed by atoms with E-state index in [1.165, 1.54) is 73.0 Å². The fourth-order valence-electron chi connectivity index (χ4n) is 4.83. The van der Waals surface area contributed by atoms with Crippen LogP contribution in [-0.4, -0.2) is 36.7 Å². The quantitative estimate of drug-likeness (QED) is 0.512. The van der Waals surface area contributed by atoms with Crippen LogP contribution >= 0.6 is 15.9 Å². The highest BCUT2D eigenvalue weighted by Crippen LogP contribution is 2.30. The lowest BCUT2D eigenvalue weighted by Gasteiger charge is -2.34. The van der Waals surface area contributed by atoms with Crippen LogP contribution in [0.25, 0.3) is 0 Å². The number of hydrogen-bond acceptors (Lipinski definition) is 3. The molecule has 30 heavy (non-hydrogen) atoms. The first-order chi connectivity index (χ1) is 14.6. The summed E-state index contributed by atoms with van der Waals surface area (Å²) in [6.07, 6.45) is 7.67. The topological polar surface area (TPSA) is 24.5 Å². The minimum atomic E-state index is 0.217. The molecule has 4 heteroatoms. The van der Waals surface area contributed by atoms with Gasteiger partial charge in [0, 0.05) is 22.7 Å². The zero-order valence-electron chi connectivity index (χ0n) is 18.4. The second-order valence-electron chi connectivity index (χ2n) is 9.23. The minimum absolute atomic E-state index is 0.217. The molecule has 1 N–H and O–H groups in total. The summed E-state index contributed by atoms with van der Waals surface area (Å²) in [7, 11) is 0. The van der Waals surface area contributed by atoms with Crippen LogP contribution in [0.3, 0.4) is 0 Å². The number of hydrogen-bond donors (Lipinski definition) is 1. The molecule has 3 nitrogen and oxygen atoms in total. The highest BCUT2D eigenvalue weighted by molar-refractivity contribution is 9.10. The Balaban J connectivity index is 1.22. The summed E-state index contributed by atoms with van der Waals surface area (Å²) < 4.78 is 7.11. The first kappa shape index (κ1) is 21.7. The first-order valence-electron chi connectivity index (χ1n) is 11.6. The number of fused-ring (bicyclic) bond motifs is 1. The van der Waals surface area contributed by atoms with Crippen LogP contribution in [0.2, 0.25) is 0 Å². The summed E-state index contributed by atoms with van der Waals surface area (Å²) >= 11 is 3.74. The molecule has 0 radical (unpaired) electrons. The Hall–Kier alpha value is -1.52. The molecule has 0 aliphatic carbocycles. The third-order valence-electron chi connectivity index (χ3n) is 6.54. The van der Waals surface area contributed by atoms with E-state index in [1.54, 1.807) is 0 Å². The molecule has 162 valence electrons. The third kappa shape index (κ3) is 5.79. The first-order valence-corrected chi connectivity index (χ1v) is 12.4. The highest BCUT2D eigenvalue weighted by Gasteiger charge is 2.22. The second-order valence-corrected chi connectivity index (χ2v) is 10.1. The van der Waals surface area contributed by atoms with E-state index in [4.69, 9.17) is 4.74 Å². The Labute approximate surface area is 190 Å². The van der Waals surface area contributed by atoms with Gasteiger partial charge in [-0.15, -0.1) is 0 Å². The fourth-order valence-corrected chi connectivity index (χ4v) is 5.24. The van der Waals surface area contributed by atoms with Gasteiger partial charge in [0.15, 0.2) is 0 Å². The molecular formula is C26H35BrN2O. The Morgan fingerprint density at radius 2 is 1.90 bits per heavy atom. The molecule has 1 atom stereocenters. The van der Waals surface area contributed by atoms with Gasteiger partial charge in [-0.25, -0.2) is 0 Å². The van der Waals surface area contributed by atoms with Gasteiger partial charge < -0.3 is 15.0 Å². The summed E-state index contributed by atoms with van der Waals surface area (Å²) in [6.45, 7) is 7.84. The Kier molecular flexibility index (Phi) is 7.37. The number of nitrogens with zero attached hydrogens (tertiary/aromatic N) is 1. The normalized spacial score (nSPS) is 20.1. The van der Waals surface area contributed by atoms with Gasteiger partial charge in [0.05, 0.1) is 6.10 Å². The van der Waals surface area contributed by atoms with Crippen molar-refractivity contribution in [3.63, 3.8) is 0 Å². The van der Waals surface area contributed by atoms with Gasteiger partial charge in [0.25, 0.3) is 0 Å². The van der Waals surface area contributed by atoms with Gasteiger partial charge in [-0.1, -0.05) is 34.1 Å². The summed E-state index contributed by atoms with van der Waals surface area (Å²) in [5.41, 5.74) is 4.21. The van der Waals surface area contributed by atoms with Crippen LogP contribution in [0.4, 0.5) is 5.69 Å². The molecule has 0 amide bonds. The Morgan fingerprint density at radius 1 is 1.10 bits per heavy atom. The van der Waals surface area contributed by atoms with Crippen molar-refractivity contribution >= 4 is 21.6 Å². The summed E-state index contributed by atoms with van der Waals surface area (Å²) in [6, 6.07) is 15.8. The smallest absolute Gasteiger partial charge is 0.120 e. The van der Waals surface area contributed by atoms with Gasteiger partial charge in [0.2, 0.25) is 0 Å². The maximum atomic E-state index is 5.89. The molecule has 2 aromatic rings. The second kappa shape index (κ2) is 10.2. The Bertz CT molecular complexity index is 830. The zero-order chi connectivity index (χ0) is 20.9. The predicted octanol–water partition coefficient (Wildman–Crippen LogP) is 6.31.